The molecular weight excluding hydrogens is 255 g/mol. The first-order chi connectivity index (χ1) is 9.66. The number of aromatic nitrogens is 1. The van der Waals surface area contributed by atoms with Crippen LogP contribution >= 0.6 is 0 Å². The van der Waals surface area contributed by atoms with Crippen LogP contribution in [0.2, 0.25) is 0 Å². The summed E-state index contributed by atoms with van der Waals surface area (Å²) in [6.45, 7) is 0. The van der Waals surface area contributed by atoms with Gasteiger partial charge in [0.2, 0.25) is 0 Å². The van der Waals surface area contributed by atoms with Gasteiger partial charge in [-0.1, -0.05) is 25.3 Å². The third kappa shape index (κ3) is 2.30. The molecule has 1 aliphatic rings. The van der Waals surface area contributed by atoms with Crippen molar-refractivity contribution in [1.82, 2.24) is 9.88 Å². The van der Waals surface area contributed by atoms with Crippen molar-refractivity contribution in [2.45, 2.75) is 38.1 Å². The van der Waals surface area contributed by atoms with Crippen molar-refractivity contribution in [3.05, 3.63) is 35.8 Å². The van der Waals surface area contributed by atoms with Crippen molar-refractivity contribution < 1.29 is 9.18 Å². The summed E-state index contributed by atoms with van der Waals surface area (Å²) in [7, 11) is 1.85. The Morgan fingerprint density at radius 3 is 2.75 bits per heavy atom. The van der Waals surface area contributed by atoms with E-state index in [9.17, 15) is 9.18 Å². The van der Waals surface area contributed by atoms with E-state index >= 15 is 0 Å². The molecule has 0 aliphatic heterocycles. The number of nitrogens with zero attached hydrogens (tertiary/aromatic N) is 1. The molecule has 1 N–H and O–H groups in total. The van der Waals surface area contributed by atoms with E-state index in [0.717, 1.165) is 12.8 Å². The quantitative estimate of drug-likeness (QED) is 0.890. The van der Waals surface area contributed by atoms with E-state index in [0.29, 0.717) is 22.6 Å². The monoisotopic (exact) mass is 274 g/mol. The Hall–Kier alpha value is -1.84. The van der Waals surface area contributed by atoms with Crippen LogP contribution in [0, 0.1) is 5.82 Å². The van der Waals surface area contributed by atoms with Gasteiger partial charge >= 0.3 is 0 Å². The van der Waals surface area contributed by atoms with Crippen molar-refractivity contribution in [2.24, 2.45) is 0 Å². The van der Waals surface area contributed by atoms with E-state index in [1.807, 2.05) is 11.9 Å². The Kier molecular flexibility index (Phi) is 3.47. The minimum absolute atomic E-state index is 0.0486. The second kappa shape index (κ2) is 5.27. The number of fused-ring (bicyclic) bond motifs is 1. The molecule has 1 aromatic carbocycles. The van der Waals surface area contributed by atoms with Gasteiger partial charge in [-0.15, -0.1) is 0 Å². The van der Waals surface area contributed by atoms with Crippen molar-refractivity contribution >= 4 is 16.8 Å². The number of hydrogen-bond donors (Lipinski definition) is 1. The van der Waals surface area contributed by atoms with Gasteiger partial charge in [0.25, 0.3) is 5.91 Å². The Bertz CT molecular complexity index is 628. The summed E-state index contributed by atoms with van der Waals surface area (Å²) in [6.07, 6.45) is 5.76. The smallest absolute Gasteiger partial charge is 0.270 e. The van der Waals surface area contributed by atoms with E-state index in [-0.39, 0.29) is 11.7 Å². The van der Waals surface area contributed by atoms with Crippen LogP contribution in [0.4, 0.5) is 4.39 Å². The lowest BCUT2D eigenvalue weighted by Crippen LogP contribution is -2.38. The lowest BCUT2D eigenvalue weighted by Gasteiger charge is -2.30. The average Bonchev–Trinajstić information content (AvgIpc) is 2.92. The van der Waals surface area contributed by atoms with Gasteiger partial charge in [-0.25, -0.2) is 4.39 Å². The van der Waals surface area contributed by atoms with Gasteiger partial charge in [0.15, 0.2) is 0 Å². The minimum atomic E-state index is -0.293. The third-order valence-electron chi connectivity index (χ3n) is 4.28. The number of hydrogen-bond acceptors (Lipinski definition) is 1. The summed E-state index contributed by atoms with van der Waals surface area (Å²) in [4.78, 5) is 17.3. The van der Waals surface area contributed by atoms with E-state index < -0.39 is 0 Å². The fourth-order valence-electron chi connectivity index (χ4n) is 3.06. The lowest BCUT2D eigenvalue weighted by molar-refractivity contribution is 0.0691. The Morgan fingerprint density at radius 1 is 1.30 bits per heavy atom. The molecule has 20 heavy (non-hydrogen) atoms. The lowest BCUT2D eigenvalue weighted by atomic mass is 9.94. The number of rotatable bonds is 2. The molecule has 1 saturated carbocycles. The molecule has 1 aromatic heterocycles. The van der Waals surface area contributed by atoms with Gasteiger partial charge in [-0.05, 0) is 31.0 Å². The van der Waals surface area contributed by atoms with Crippen LogP contribution in [0.3, 0.4) is 0 Å². The molecule has 1 heterocycles. The predicted octanol–water partition coefficient (Wildman–Crippen LogP) is 3.71. The maximum absolute atomic E-state index is 13.7. The van der Waals surface area contributed by atoms with E-state index in [4.69, 9.17) is 0 Å². The second-order valence-electron chi connectivity index (χ2n) is 5.59. The van der Waals surface area contributed by atoms with Crippen LogP contribution in [-0.2, 0) is 0 Å². The number of carbonyl (C=O) groups is 1. The molecule has 0 bridgehead atoms. The first kappa shape index (κ1) is 13.2. The number of benzene rings is 1. The van der Waals surface area contributed by atoms with Gasteiger partial charge in [-0.3, -0.25) is 4.79 Å². The fraction of sp³-hybridized carbons (Fsp3) is 0.438. The SMILES string of the molecule is CN(C(=O)c1cc2c(F)cccc2[nH]1)C1CCCCC1. The Labute approximate surface area is 117 Å². The standard InChI is InChI=1S/C16H19FN2O/c1-19(11-6-3-2-4-7-11)16(20)15-10-12-13(17)8-5-9-14(12)18-15/h5,8-11,18H,2-4,6-7H2,1H3. The summed E-state index contributed by atoms with van der Waals surface area (Å²) in [5, 5.41) is 0.480. The van der Waals surface area contributed by atoms with Crippen molar-refractivity contribution in [2.75, 3.05) is 7.05 Å². The molecule has 0 saturated heterocycles. The number of H-pyrrole nitrogens is 1. The molecule has 1 aliphatic carbocycles. The van der Waals surface area contributed by atoms with Crippen LogP contribution in [-0.4, -0.2) is 28.9 Å². The van der Waals surface area contributed by atoms with Gasteiger partial charge in [0, 0.05) is 24.0 Å². The first-order valence-electron chi connectivity index (χ1n) is 7.21. The molecule has 1 fully saturated rings. The molecule has 0 spiro atoms. The molecular formula is C16H19FN2O. The number of nitrogens with one attached hydrogen (secondary N) is 1. The van der Waals surface area contributed by atoms with Crippen LogP contribution in [0.25, 0.3) is 10.9 Å². The molecule has 0 radical (unpaired) electrons. The van der Waals surface area contributed by atoms with Crippen molar-refractivity contribution in [3.8, 4) is 0 Å². The summed E-state index contributed by atoms with van der Waals surface area (Å²) < 4.78 is 13.7. The molecule has 0 unspecified atom stereocenters. The minimum Gasteiger partial charge on any atom is -0.350 e. The summed E-state index contributed by atoms with van der Waals surface area (Å²) in [5.41, 5.74) is 1.14. The fourth-order valence-corrected chi connectivity index (χ4v) is 3.06. The molecule has 0 atom stereocenters. The maximum atomic E-state index is 13.7. The number of carbonyl (C=O) groups excluding carboxylic acids is 1. The summed E-state index contributed by atoms with van der Waals surface area (Å²) in [6, 6.07) is 6.78. The molecule has 4 heteroatoms. The molecule has 3 rings (SSSR count). The maximum Gasteiger partial charge on any atom is 0.270 e. The zero-order chi connectivity index (χ0) is 14.1. The summed E-state index contributed by atoms with van der Waals surface area (Å²) >= 11 is 0. The van der Waals surface area contributed by atoms with E-state index in [1.54, 1.807) is 18.2 Å². The van der Waals surface area contributed by atoms with E-state index in [2.05, 4.69) is 4.98 Å². The van der Waals surface area contributed by atoms with Gasteiger partial charge in [0.05, 0.1) is 0 Å². The topological polar surface area (TPSA) is 36.1 Å². The Balaban J connectivity index is 1.86. The van der Waals surface area contributed by atoms with Gasteiger partial charge < -0.3 is 9.88 Å². The first-order valence-corrected chi connectivity index (χ1v) is 7.21. The highest BCUT2D eigenvalue weighted by Crippen LogP contribution is 2.24. The normalized spacial score (nSPS) is 16.5. The Morgan fingerprint density at radius 2 is 2.05 bits per heavy atom. The average molecular weight is 274 g/mol. The molecule has 106 valence electrons. The van der Waals surface area contributed by atoms with Crippen LogP contribution in [0.15, 0.2) is 24.3 Å². The number of halogens is 1. The largest absolute Gasteiger partial charge is 0.350 e. The zero-order valence-electron chi connectivity index (χ0n) is 11.7. The third-order valence-corrected chi connectivity index (χ3v) is 4.28. The second-order valence-corrected chi connectivity index (χ2v) is 5.59. The van der Waals surface area contributed by atoms with Gasteiger partial charge in [0.1, 0.15) is 11.5 Å². The molecule has 2 aromatic rings. The van der Waals surface area contributed by atoms with Crippen molar-refractivity contribution in [1.29, 1.82) is 0 Å². The highest BCUT2D eigenvalue weighted by Gasteiger charge is 2.24. The molecule has 1 amide bonds. The van der Waals surface area contributed by atoms with Crippen LogP contribution < -0.4 is 0 Å². The highest BCUT2D eigenvalue weighted by atomic mass is 19.1. The molecule has 3 nitrogen and oxygen atoms in total. The zero-order valence-corrected chi connectivity index (χ0v) is 11.7. The van der Waals surface area contributed by atoms with Crippen molar-refractivity contribution in [3.63, 3.8) is 0 Å². The highest BCUT2D eigenvalue weighted by molar-refractivity contribution is 5.98. The summed E-state index contributed by atoms with van der Waals surface area (Å²) in [5.74, 6) is -0.342. The van der Waals surface area contributed by atoms with Crippen LogP contribution in [0.1, 0.15) is 42.6 Å². The van der Waals surface area contributed by atoms with Gasteiger partial charge in [-0.2, -0.15) is 0 Å². The van der Waals surface area contributed by atoms with Crippen LogP contribution in [0.5, 0.6) is 0 Å². The number of aromatic amines is 1. The van der Waals surface area contributed by atoms with E-state index in [1.165, 1.54) is 25.3 Å². The predicted molar refractivity (Wildman–Crippen MR) is 77.2 cm³/mol. The number of amides is 1.